The van der Waals surface area contributed by atoms with Crippen LogP contribution in [0.15, 0.2) is 18.2 Å². The van der Waals surface area contributed by atoms with E-state index in [1.165, 1.54) is 6.07 Å². The molecule has 1 atom stereocenters. The predicted molar refractivity (Wildman–Crippen MR) is 75.3 cm³/mol. The van der Waals surface area contributed by atoms with Gasteiger partial charge in [-0.05, 0) is 18.4 Å². The molecule has 1 unspecified atom stereocenters. The second kappa shape index (κ2) is 7.43. The molecule has 106 valence electrons. The zero-order chi connectivity index (χ0) is 14.4. The molecule has 0 bridgehead atoms. The Labute approximate surface area is 117 Å². The lowest BCUT2D eigenvalue weighted by Gasteiger charge is -2.18. The summed E-state index contributed by atoms with van der Waals surface area (Å²) in [6.45, 7) is 4.38. The number of nitrogens with one attached hydrogen (secondary N) is 1. The Morgan fingerprint density at radius 3 is 2.68 bits per heavy atom. The SMILES string of the molecule is CC(C)CC(CO)NCc1c(Cl)cccc1[N+](=O)[O-]. The van der Waals surface area contributed by atoms with E-state index in [-0.39, 0.29) is 24.9 Å². The summed E-state index contributed by atoms with van der Waals surface area (Å²) in [6, 6.07) is 4.53. The van der Waals surface area contributed by atoms with Crippen LogP contribution in [0.1, 0.15) is 25.8 Å². The molecule has 0 heterocycles. The topological polar surface area (TPSA) is 75.4 Å². The van der Waals surface area contributed by atoms with Gasteiger partial charge in [0.25, 0.3) is 5.69 Å². The number of benzene rings is 1. The van der Waals surface area contributed by atoms with E-state index in [9.17, 15) is 15.2 Å². The van der Waals surface area contributed by atoms with Crippen molar-refractivity contribution in [1.82, 2.24) is 5.32 Å². The second-order valence-corrected chi connectivity index (χ2v) is 5.29. The van der Waals surface area contributed by atoms with Crippen LogP contribution in [0.25, 0.3) is 0 Å². The highest BCUT2D eigenvalue weighted by Gasteiger charge is 2.18. The van der Waals surface area contributed by atoms with Gasteiger partial charge in [0.1, 0.15) is 0 Å². The van der Waals surface area contributed by atoms with Crippen LogP contribution in [0.4, 0.5) is 5.69 Å². The average Bonchev–Trinajstić information content (AvgIpc) is 2.34. The number of hydrogen-bond acceptors (Lipinski definition) is 4. The summed E-state index contributed by atoms with van der Waals surface area (Å²) in [6.07, 6.45) is 0.800. The van der Waals surface area contributed by atoms with Crippen LogP contribution in [0.3, 0.4) is 0 Å². The summed E-state index contributed by atoms with van der Waals surface area (Å²) in [5.74, 6) is 0.436. The number of rotatable bonds is 7. The molecule has 0 radical (unpaired) electrons. The van der Waals surface area contributed by atoms with Crippen molar-refractivity contribution >= 4 is 17.3 Å². The smallest absolute Gasteiger partial charge is 0.275 e. The summed E-state index contributed by atoms with van der Waals surface area (Å²) >= 11 is 6.00. The fraction of sp³-hybridized carbons (Fsp3) is 0.538. The molecule has 0 saturated carbocycles. The van der Waals surface area contributed by atoms with E-state index in [4.69, 9.17) is 11.6 Å². The fourth-order valence-electron chi connectivity index (χ4n) is 1.93. The van der Waals surface area contributed by atoms with Gasteiger partial charge in [0.15, 0.2) is 0 Å². The lowest BCUT2D eigenvalue weighted by molar-refractivity contribution is -0.385. The van der Waals surface area contributed by atoms with E-state index in [2.05, 4.69) is 19.2 Å². The normalized spacial score (nSPS) is 12.7. The van der Waals surface area contributed by atoms with Crippen molar-refractivity contribution in [2.45, 2.75) is 32.9 Å². The molecule has 19 heavy (non-hydrogen) atoms. The van der Waals surface area contributed by atoms with Crippen molar-refractivity contribution < 1.29 is 10.0 Å². The predicted octanol–water partition coefficient (Wildman–Crippen LogP) is 2.74. The van der Waals surface area contributed by atoms with E-state index in [1.54, 1.807) is 12.1 Å². The van der Waals surface area contributed by atoms with E-state index < -0.39 is 4.92 Å². The first-order valence-corrected chi connectivity index (χ1v) is 6.59. The molecule has 0 aliphatic carbocycles. The van der Waals surface area contributed by atoms with Crippen LogP contribution in [0.5, 0.6) is 0 Å². The number of nitro benzene ring substituents is 1. The maximum absolute atomic E-state index is 10.9. The number of halogens is 1. The van der Waals surface area contributed by atoms with Crippen LogP contribution < -0.4 is 5.32 Å². The van der Waals surface area contributed by atoms with Gasteiger partial charge in [0, 0.05) is 18.7 Å². The minimum Gasteiger partial charge on any atom is -0.395 e. The maximum atomic E-state index is 10.9. The van der Waals surface area contributed by atoms with Crippen LogP contribution in [-0.4, -0.2) is 22.7 Å². The lowest BCUT2D eigenvalue weighted by Crippen LogP contribution is -2.33. The molecule has 1 aromatic rings. The van der Waals surface area contributed by atoms with E-state index in [0.717, 1.165) is 6.42 Å². The van der Waals surface area contributed by atoms with E-state index in [0.29, 0.717) is 16.5 Å². The number of aliphatic hydroxyl groups excluding tert-OH is 1. The van der Waals surface area contributed by atoms with Gasteiger partial charge in [-0.15, -0.1) is 0 Å². The molecular formula is C13H19ClN2O3. The zero-order valence-corrected chi connectivity index (χ0v) is 11.9. The Kier molecular flexibility index (Phi) is 6.21. The number of aliphatic hydroxyl groups is 1. The molecular weight excluding hydrogens is 268 g/mol. The minimum atomic E-state index is -0.445. The Balaban J connectivity index is 2.79. The van der Waals surface area contributed by atoms with Crippen molar-refractivity contribution in [3.05, 3.63) is 38.9 Å². The van der Waals surface area contributed by atoms with Gasteiger partial charge in [0.05, 0.1) is 22.1 Å². The van der Waals surface area contributed by atoms with Crippen LogP contribution in [0.2, 0.25) is 5.02 Å². The zero-order valence-electron chi connectivity index (χ0n) is 11.1. The Bertz CT molecular complexity index is 438. The first-order valence-electron chi connectivity index (χ1n) is 6.21. The average molecular weight is 287 g/mol. The van der Waals surface area contributed by atoms with Crippen molar-refractivity contribution in [1.29, 1.82) is 0 Å². The van der Waals surface area contributed by atoms with Gasteiger partial charge in [-0.1, -0.05) is 31.5 Å². The highest BCUT2D eigenvalue weighted by atomic mass is 35.5. The van der Waals surface area contributed by atoms with Gasteiger partial charge in [-0.3, -0.25) is 10.1 Å². The molecule has 2 N–H and O–H groups in total. The van der Waals surface area contributed by atoms with Crippen LogP contribution >= 0.6 is 11.6 Å². The maximum Gasteiger partial charge on any atom is 0.275 e. The first kappa shape index (κ1) is 15.9. The van der Waals surface area contributed by atoms with Gasteiger partial charge in [-0.2, -0.15) is 0 Å². The summed E-state index contributed by atoms with van der Waals surface area (Å²) in [7, 11) is 0. The fourth-order valence-corrected chi connectivity index (χ4v) is 2.17. The molecule has 0 amide bonds. The first-order chi connectivity index (χ1) is 8.95. The van der Waals surface area contributed by atoms with Crippen LogP contribution in [0, 0.1) is 16.0 Å². The quantitative estimate of drug-likeness (QED) is 0.597. The van der Waals surface area contributed by atoms with Crippen molar-refractivity contribution in [3.63, 3.8) is 0 Å². The third-order valence-corrected chi connectivity index (χ3v) is 3.19. The van der Waals surface area contributed by atoms with E-state index >= 15 is 0 Å². The highest BCUT2D eigenvalue weighted by Crippen LogP contribution is 2.26. The highest BCUT2D eigenvalue weighted by molar-refractivity contribution is 6.31. The third-order valence-electron chi connectivity index (χ3n) is 2.83. The number of hydrogen-bond donors (Lipinski definition) is 2. The minimum absolute atomic E-state index is 0.00115. The van der Waals surface area contributed by atoms with E-state index in [1.807, 2.05) is 0 Å². The second-order valence-electron chi connectivity index (χ2n) is 4.88. The lowest BCUT2D eigenvalue weighted by atomic mass is 10.0. The summed E-state index contributed by atoms with van der Waals surface area (Å²) in [5, 5.41) is 23.7. The molecule has 1 rings (SSSR count). The van der Waals surface area contributed by atoms with Crippen LogP contribution in [-0.2, 0) is 6.54 Å². The van der Waals surface area contributed by atoms with Crippen molar-refractivity contribution in [2.24, 2.45) is 5.92 Å². The summed E-state index contributed by atoms with van der Waals surface area (Å²) < 4.78 is 0. The Hall–Kier alpha value is -1.17. The van der Waals surface area contributed by atoms with Gasteiger partial charge >= 0.3 is 0 Å². The molecule has 0 aliphatic rings. The molecule has 0 spiro atoms. The largest absolute Gasteiger partial charge is 0.395 e. The molecule has 1 aromatic carbocycles. The molecule has 0 aromatic heterocycles. The molecule has 0 saturated heterocycles. The Morgan fingerprint density at radius 1 is 1.47 bits per heavy atom. The van der Waals surface area contributed by atoms with Crippen molar-refractivity contribution in [3.8, 4) is 0 Å². The number of nitrogens with zero attached hydrogens (tertiary/aromatic N) is 1. The monoisotopic (exact) mass is 286 g/mol. The standard InChI is InChI=1S/C13H19ClN2O3/c1-9(2)6-10(8-17)15-7-11-12(14)4-3-5-13(11)16(18)19/h3-5,9-10,15,17H,6-8H2,1-2H3. The Morgan fingerprint density at radius 2 is 2.16 bits per heavy atom. The summed E-state index contributed by atoms with van der Waals surface area (Å²) in [5.41, 5.74) is 0.456. The molecule has 6 heteroatoms. The molecule has 0 fully saturated rings. The molecule has 0 aliphatic heterocycles. The van der Waals surface area contributed by atoms with Gasteiger partial charge < -0.3 is 10.4 Å². The van der Waals surface area contributed by atoms with Crippen molar-refractivity contribution in [2.75, 3.05) is 6.61 Å². The summed E-state index contributed by atoms with van der Waals surface area (Å²) in [4.78, 5) is 10.5. The number of nitro groups is 1. The van der Waals surface area contributed by atoms with Gasteiger partial charge in [-0.25, -0.2) is 0 Å². The third kappa shape index (κ3) is 4.78. The van der Waals surface area contributed by atoms with Gasteiger partial charge in [0.2, 0.25) is 0 Å². The molecule has 5 nitrogen and oxygen atoms in total.